The van der Waals surface area contributed by atoms with Gasteiger partial charge in [0.1, 0.15) is 5.75 Å². The molecule has 0 saturated heterocycles. The molecule has 146 valence electrons. The van der Waals surface area contributed by atoms with Crippen LogP contribution in [0.4, 0.5) is 0 Å². The molecule has 0 radical (unpaired) electrons. The third-order valence-corrected chi connectivity index (χ3v) is 5.48. The molecule has 7 heteroatoms. The summed E-state index contributed by atoms with van der Waals surface area (Å²) in [5.74, 6) is 0.189. The number of carbonyl (C=O) groups excluding carboxylic acids is 1. The Morgan fingerprint density at radius 2 is 1.74 bits per heavy atom. The SMILES string of the molecule is CCCCNS(=O)(=O)c1ccc(OCC(=O)N[C@@H](C)c2ccccc2)cc1. The molecule has 0 aromatic heterocycles. The normalized spacial score (nSPS) is 12.4. The number of unbranched alkanes of at least 4 members (excludes halogenated alkanes) is 1. The predicted octanol–water partition coefficient (Wildman–Crippen LogP) is 3.02. The van der Waals surface area contributed by atoms with Crippen molar-refractivity contribution in [3.63, 3.8) is 0 Å². The quantitative estimate of drug-likeness (QED) is 0.611. The van der Waals surface area contributed by atoms with Crippen LogP contribution < -0.4 is 14.8 Å². The van der Waals surface area contributed by atoms with Crippen LogP contribution in [0.3, 0.4) is 0 Å². The Hall–Kier alpha value is -2.38. The Balaban J connectivity index is 1.85. The van der Waals surface area contributed by atoms with Gasteiger partial charge in [0.15, 0.2) is 6.61 Å². The Morgan fingerprint density at radius 1 is 1.07 bits per heavy atom. The fourth-order valence-corrected chi connectivity index (χ4v) is 3.51. The predicted molar refractivity (Wildman–Crippen MR) is 105 cm³/mol. The average Bonchev–Trinajstić information content (AvgIpc) is 2.67. The van der Waals surface area contributed by atoms with E-state index in [9.17, 15) is 13.2 Å². The van der Waals surface area contributed by atoms with Crippen LogP contribution in [0.5, 0.6) is 5.75 Å². The second kappa shape index (κ2) is 10.1. The number of nitrogens with one attached hydrogen (secondary N) is 2. The maximum absolute atomic E-state index is 12.1. The Bertz CT molecular complexity index is 821. The van der Waals surface area contributed by atoms with Gasteiger partial charge in [-0.15, -0.1) is 0 Å². The molecule has 0 unspecified atom stereocenters. The van der Waals surface area contributed by atoms with Crippen LogP contribution >= 0.6 is 0 Å². The molecule has 2 N–H and O–H groups in total. The summed E-state index contributed by atoms with van der Waals surface area (Å²) in [6, 6.07) is 15.5. The monoisotopic (exact) mass is 390 g/mol. The standard InChI is InChI=1S/C20H26N2O4S/c1-3-4-14-21-27(24,25)19-12-10-18(11-13-19)26-15-20(23)22-16(2)17-8-6-5-7-9-17/h5-13,16,21H,3-4,14-15H2,1-2H3,(H,22,23)/t16-/m0/s1. The zero-order valence-corrected chi connectivity index (χ0v) is 16.5. The molecule has 2 aromatic rings. The highest BCUT2D eigenvalue weighted by atomic mass is 32.2. The number of ether oxygens (including phenoxy) is 1. The van der Waals surface area contributed by atoms with Gasteiger partial charge in [0.25, 0.3) is 5.91 Å². The zero-order valence-electron chi connectivity index (χ0n) is 15.6. The number of hydrogen-bond donors (Lipinski definition) is 2. The van der Waals surface area contributed by atoms with Crippen LogP contribution in [0, 0.1) is 0 Å². The van der Waals surface area contributed by atoms with Crippen molar-refractivity contribution < 1.29 is 17.9 Å². The summed E-state index contributed by atoms with van der Waals surface area (Å²) in [5.41, 5.74) is 1.01. The van der Waals surface area contributed by atoms with Crippen LogP contribution in [-0.2, 0) is 14.8 Å². The van der Waals surface area contributed by atoms with Gasteiger partial charge in [-0.3, -0.25) is 4.79 Å². The molecular weight excluding hydrogens is 364 g/mol. The molecule has 0 saturated carbocycles. The average molecular weight is 391 g/mol. The molecule has 0 aliphatic rings. The minimum absolute atomic E-state index is 0.121. The molecule has 0 aliphatic carbocycles. The summed E-state index contributed by atoms with van der Waals surface area (Å²) < 4.78 is 32.2. The first kappa shape index (κ1) is 20.9. The number of benzene rings is 2. The second-order valence-electron chi connectivity index (χ2n) is 6.21. The largest absolute Gasteiger partial charge is 0.484 e. The third-order valence-electron chi connectivity index (χ3n) is 4.00. The van der Waals surface area contributed by atoms with Gasteiger partial charge in [-0.25, -0.2) is 13.1 Å². The first-order valence-corrected chi connectivity index (χ1v) is 10.5. The lowest BCUT2D eigenvalue weighted by Crippen LogP contribution is -2.31. The first-order valence-electron chi connectivity index (χ1n) is 8.99. The molecule has 1 amide bonds. The fourth-order valence-electron chi connectivity index (χ4n) is 2.44. The molecule has 27 heavy (non-hydrogen) atoms. The van der Waals surface area contributed by atoms with Gasteiger partial charge in [-0.05, 0) is 43.2 Å². The van der Waals surface area contributed by atoms with Crippen LogP contribution in [0.25, 0.3) is 0 Å². The van der Waals surface area contributed by atoms with Crippen molar-refractivity contribution in [1.29, 1.82) is 0 Å². The van der Waals surface area contributed by atoms with E-state index in [-0.39, 0.29) is 23.5 Å². The van der Waals surface area contributed by atoms with Crippen LogP contribution in [-0.4, -0.2) is 27.5 Å². The zero-order chi connectivity index (χ0) is 19.7. The Labute approximate surface area is 161 Å². The van der Waals surface area contributed by atoms with Crippen molar-refractivity contribution in [3.8, 4) is 5.75 Å². The lowest BCUT2D eigenvalue weighted by molar-refractivity contribution is -0.123. The van der Waals surface area contributed by atoms with Crippen molar-refractivity contribution in [2.24, 2.45) is 0 Å². The molecule has 0 bridgehead atoms. The molecule has 0 heterocycles. The van der Waals surface area contributed by atoms with Gasteiger partial charge >= 0.3 is 0 Å². The van der Waals surface area contributed by atoms with Gasteiger partial charge in [-0.2, -0.15) is 0 Å². The highest BCUT2D eigenvalue weighted by molar-refractivity contribution is 7.89. The van der Waals surface area contributed by atoms with E-state index >= 15 is 0 Å². The van der Waals surface area contributed by atoms with Gasteiger partial charge in [0.2, 0.25) is 10.0 Å². The number of hydrogen-bond acceptors (Lipinski definition) is 4. The lowest BCUT2D eigenvalue weighted by atomic mass is 10.1. The Morgan fingerprint density at radius 3 is 2.37 bits per heavy atom. The molecular formula is C20H26N2O4S. The fraction of sp³-hybridized carbons (Fsp3) is 0.350. The molecule has 2 aromatic carbocycles. The van der Waals surface area contributed by atoms with Crippen molar-refractivity contribution >= 4 is 15.9 Å². The Kier molecular flexibility index (Phi) is 7.82. The van der Waals surface area contributed by atoms with Gasteiger partial charge in [-0.1, -0.05) is 43.7 Å². The molecule has 0 aliphatic heterocycles. The third kappa shape index (κ3) is 6.69. The summed E-state index contributed by atoms with van der Waals surface area (Å²) in [6.45, 7) is 4.17. The number of amides is 1. The second-order valence-corrected chi connectivity index (χ2v) is 7.98. The highest BCUT2D eigenvalue weighted by Crippen LogP contribution is 2.16. The molecule has 1 atom stereocenters. The number of sulfonamides is 1. The molecule has 6 nitrogen and oxygen atoms in total. The topological polar surface area (TPSA) is 84.5 Å². The summed E-state index contributed by atoms with van der Waals surface area (Å²) in [5, 5.41) is 2.86. The maximum atomic E-state index is 12.1. The van der Waals surface area contributed by atoms with E-state index in [1.54, 1.807) is 12.1 Å². The van der Waals surface area contributed by atoms with E-state index in [2.05, 4.69) is 10.0 Å². The number of rotatable bonds is 10. The summed E-state index contributed by atoms with van der Waals surface area (Å²) in [7, 11) is -3.51. The van der Waals surface area contributed by atoms with E-state index in [1.807, 2.05) is 44.2 Å². The highest BCUT2D eigenvalue weighted by Gasteiger charge is 2.14. The van der Waals surface area contributed by atoms with Gasteiger partial charge < -0.3 is 10.1 Å². The van der Waals surface area contributed by atoms with Gasteiger partial charge in [0.05, 0.1) is 10.9 Å². The smallest absolute Gasteiger partial charge is 0.258 e. The van der Waals surface area contributed by atoms with Crippen molar-refractivity contribution in [3.05, 3.63) is 60.2 Å². The molecule has 0 fully saturated rings. The van der Waals surface area contributed by atoms with E-state index in [1.165, 1.54) is 12.1 Å². The van der Waals surface area contributed by atoms with Crippen LogP contribution in [0.1, 0.15) is 38.3 Å². The van der Waals surface area contributed by atoms with Crippen LogP contribution in [0.15, 0.2) is 59.5 Å². The van der Waals surface area contributed by atoms with E-state index in [0.717, 1.165) is 18.4 Å². The van der Waals surface area contributed by atoms with E-state index < -0.39 is 10.0 Å². The summed E-state index contributed by atoms with van der Waals surface area (Å²) in [4.78, 5) is 12.2. The minimum Gasteiger partial charge on any atom is -0.484 e. The maximum Gasteiger partial charge on any atom is 0.258 e. The van der Waals surface area contributed by atoms with Gasteiger partial charge in [0, 0.05) is 6.54 Å². The minimum atomic E-state index is -3.51. The molecule has 0 spiro atoms. The number of carbonyl (C=O) groups is 1. The van der Waals surface area contributed by atoms with Crippen molar-refractivity contribution in [2.45, 2.75) is 37.6 Å². The summed E-state index contributed by atoms with van der Waals surface area (Å²) >= 11 is 0. The van der Waals surface area contributed by atoms with E-state index in [0.29, 0.717) is 12.3 Å². The lowest BCUT2D eigenvalue weighted by Gasteiger charge is -2.14. The first-order chi connectivity index (χ1) is 12.9. The van der Waals surface area contributed by atoms with Crippen LogP contribution in [0.2, 0.25) is 0 Å². The van der Waals surface area contributed by atoms with E-state index in [4.69, 9.17) is 4.74 Å². The summed E-state index contributed by atoms with van der Waals surface area (Å²) in [6.07, 6.45) is 1.71. The van der Waals surface area contributed by atoms with Crippen molar-refractivity contribution in [2.75, 3.05) is 13.2 Å². The van der Waals surface area contributed by atoms with Crippen molar-refractivity contribution in [1.82, 2.24) is 10.0 Å². The molecule has 2 rings (SSSR count).